The Hall–Kier alpha value is -4.14. The monoisotopic (exact) mass is 752 g/mol. The molecule has 5 heteroatoms. The minimum atomic E-state index is 0. The van der Waals surface area contributed by atoms with E-state index in [4.69, 9.17) is 0 Å². The van der Waals surface area contributed by atoms with E-state index in [0.29, 0.717) is 0 Å². The predicted molar refractivity (Wildman–Crippen MR) is 195 cm³/mol. The van der Waals surface area contributed by atoms with Gasteiger partial charge in [-0.05, 0) is 47.2 Å². The van der Waals surface area contributed by atoms with Gasteiger partial charge >= 0.3 is 26.2 Å². The van der Waals surface area contributed by atoms with Gasteiger partial charge in [0.2, 0.25) is 0 Å². The van der Waals surface area contributed by atoms with E-state index >= 15 is 0 Å². The van der Waals surface area contributed by atoms with E-state index in [1.54, 1.807) is 0 Å². The molecule has 0 saturated carbocycles. The van der Waals surface area contributed by atoms with E-state index in [-0.39, 0.29) is 51.0 Å². The Labute approximate surface area is 321 Å². The van der Waals surface area contributed by atoms with Gasteiger partial charge in [-0.25, -0.2) is 0 Å². The molecule has 2 nitrogen and oxygen atoms in total. The molecule has 6 aromatic carbocycles. The maximum Gasteiger partial charge on any atom is 4.00 e. The fourth-order valence-electron chi connectivity index (χ4n) is 6.18. The molecule has 0 spiro atoms. The van der Waals surface area contributed by atoms with Crippen LogP contribution in [0.2, 0.25) is 0 Å². The van der Waals surface area contributed by atoms with E-state index < -0.39 is 0 Å². The first kappa shape index (κ1) is 37.7. The maximum absolute atomic E-state index is 4.47. The summed E-state index contributed by atoms with van der Waals surface area (Å²) in [6.07, 6.45) is 5.84. The molecule has 0 atom stereocenters. The molecule has 0 aliphatic carbocycles. The summed E-state index contributed by atoms with van der Waals surface area (Å²) in [6, 6.07) is 51.8. The second kappa shape index (κ2) is 17.5. The number of nitrogens with zero attached hydrogens (tertiary/aromatic N) is 2. The normalized spacial score (nSPS) is 10.3. The third kappa shape index (κ3) is 8.36. The summed E-state index contributed by atoms with van der Waals surface area (Å²) in [5.41, 5.74) is 12.3. The number of aromatic nitrogens is 2. The van der Waals surface area contributed by atoms with Gasteiger partial charge in [0.25, 0.3) is 0 Å². The van der Waals surface area contributed by atoms with Gasteiger partial charge in [0, 0.05) is 23.8 Å². The molecule has 0 radical (unpaired) electrons. The molecular formula is C44H36Cl2N2Zr. The van der Waals surface area contributed by atoms with Crippen molar-refractivity contribution in [1.82, 2.24) is 9.97 Å². The van der Waals surface area contributed by atoms with E-state index in [1.807, 2.05) is 36.7 Å². The van der Waals surface area contributed by atoms with Gasteiger partial charge in [0.05, 0.1) is 0 Å². The molecule has 49 heavy (non-hydrogen) atoms. The zero-order valence-corrected chi connectivity index (χ0v) is 31.5. The average molecular weight is 755 g/mol. The van der Waals surface area contributed by atoms with Crippen molar-refractivity contribution >= 4 is 21.5 Å². The van der Waals surface area contributed by atoms with Crippen molar-refractivity contribution in [1.29, 1.82) is 0 Å². The van der Waals surface area contributed by atoms with Crippen LogP contribution in [-0.2, 0) is 39.0 Å². The molecule has 0 bridgehead atoms. The molecule has 8 rings (SSSR count). The summed E-state index contributed by atoms with van der Waals surface area (Å²) in [5, 5.41) is 5.11. The van der Waals surface area contributed by atoms with Gasteiger partial charge in [-0.3, -0.25) is 9.97 Å². The quantitative estimate of drug-likeness (QED) is 0.204. The molecule has 2 aromatic heterocycles. The average Bonchev–Trinajstić information content (AvgIpc) is 3.78. The fourth-order valence-corrected chi connectivity index (χ4v) is 6.18. The standard InChI is InChI=1S/2C22H18N.2ClH.Zr/c2*1-2-16-9-11-17(12-10-16)20-7-5-6-18-14-19(15-21(18)20)22-8-3-4-13-23-22;;;/h2*3-15H,2H2,1H3;2*1H;/q2*-1;;;+4/p-2. The molecule has 2 heterocycles. The smallest absolute Gasteiger partial charge is 1.00 e. The Morgan fingerprint density at radius 3 is 1.22 bits per heavy atom. The molecular weight excluding hydrogens is 719 g/mol. The van der Waals surface area contributed by atoms with Crippen LogP contribution in [-0.4, -0.2) is 9.97 Å². The molecule has 240 valence electrons. The van der Waals surface area contributed by atoms with Crippen molar-refractivity contribution in [2.24, 2.45) is 0 Å². The zero-order valence-electron chi connectivity index (χ0n) is 27.6. The summed E-state index contributed by atoms with van der Waals surface area (Å²) in [4.78, 5) is 8.94. The van der Waals surface area contributed by atoms with Crippen LogP contribution in [0.15, 0.2) is 158 Å². The van der Waals surface area contributed by atoms with Crippen LogP contribution in [0, 0.1) is 0 Å². The fraction of sp³-hybridized carbons (Fsp3) is 0.0909. The van der Waals surface area contributed by atoms with Crippen molar-refractivity contribution < 1.29 is 51.0 Å². The minimum absolute atomic E-state index is 0. The number of benzene rings is 4. The second-order valence-electron chi connectivity index (χ2n) is 11.6. The number of pyridine rings is 2. The number of hydrogen-bond donors (Lipinski definition) is 0. The van der Waals surface area contributed by atoms with E-state index in [0.717, 1.165) is 24.2 Å². The van der Waals surface area contributed by atoms with Gasteiger partial charge in [-0.1, -0.05) is 122 Å². The summed E-state index contributed by atoms with van der Waals surface area (Å²) in [5.74, 6) is 0. The van der Waals surface area contributed by atoms with E-state index in [1.165, 1.54) is 66.1 Å². The summed E-state index contributed by atoms with van der Waals surface area (Å²) in [7, 11) is 0. The molecule has 0 aliphatic rings. The third-order valence-electron chi connectivity index (χ3n) is 8.77. The number of fused-ring (bicyclic) bond motifs is 2. The van der Waals surface area contributed by atoms with E-state index in [9.17, 15) is 0 Å². The first-order valence-electron chi connectivity index (χ1n) is 16.1. The van der Waals surface area contributed by atoms with Crippen molar-refractivity contribution in [2.75, 3.05) is 0 Å². The van der Waals surface area contributed by atoms with Gasteiger partial charge in [0.15, 0.2) is 0 Å². The molecule has 0 aliphatic heterocycles. The summed E-state index contributed by atoms with van der Waals surface area (Å²) >= 11 is 0. The Balaban J connectivity index is 0.000000208. The van der Waals surface area contributed by atoms with Crippen LogP contribution in [0.1, 0.15) is 25.0 Å². The summed E-state index contributed by atoms with van der Waals surface area (Å²) in [6.45, 7) is 4.37. The van der Waals surface area contributed by atoms with Crippen LogP contribution >= 0.6 is 0 Å². The Morgan fingerprint density at radius 1 is 0.469 bits per heavy atom. The molecule has 8 aromatic rings. The first-order valence-corrected chi connectivity index (χ1v) is 16.1. The minimum Gasteiger partial charge on any atom is -1.00 e. The molecule has 0 fully saturated rings. The number of halogens is 2. The molecule has 0 unspecified atom stereocenters. The third-order valence-corrected chi connectivity index (χ3v) is 8.77. The first-order chi connectivity index (χ1) is 22.7. The van der Waals surface area contributed by atoms with Gasteiger partial charge in [0.1, 0.15) is 0 Å². The SMILES string of the molecule is CCc1ccc(-c2cccc3[cH-]c(-c4ccccn4)cc23)cc1.CCc1ccc(-c2cccc3[cH-]c(-c4ccccn4)cc23)cc1.[Cl-].[Cl-].[Zr+4]. The Bertz CT molecular complexity index is 2040. The molecule has 0 amide bonds. The van der Waals surface area contributed by atoms with Crippen molar-refractivity contribution in [3.8, 4) is 44.8 Å². The number of rotatable bonds is 6. The molecule has 0 saturated heterocycles. The van der Waals surface area contributed by atoms with Crippen molar-refractivity contribution in [3.63, 3.8) is 0 Å². The molecule has 0 N–H and O–H groups in total. The summed E-state index contributed by atoms with van der Waals surface area (Å²) < 4.78 is 0. The predicted octanol–water partition coefficient (Wildman–Crippen LogP) is 5.71. The maximum atomic E-state index is 4.47. The number of hydrogen-bond acceptors (Lipinski definition) is 2. The van der Waals surface area contributed by atoms with Gasteiger partial charge < -0.3 is 24.8 Å². The number of aryl methyl sites for hydroxylation is 2. The van der Waals surface area contributed by atoms with Crippen LogP contribution in [0.4, 0.5) is 0 Å². The van der Waals surface area contributed by atoms with Crippen LogP contribution < -0.4 is 24.8 Å². The van der Waals surface area contributed by atoms with Crippen molar-refractivity contribution in [2.45, 2.75) is 26.7 Å². The van der Waals surface area contributed by atoms with Crippen LogP contribution in [0.25, 0.3) is 66.3 Å². The Morgan fingerprint density at radius 2 is 0.878 bits per heavy atom. The topological polar surface area (TPSA) is 25.8 Å². The van der Waals surface area contributed by atoms with Crippen molar-refractivity contribution in [3.05, 3.63) is 169 Å². The zero-order chi connectivity index (χ0) is 31.3. The second-order valence-corrected chi connectivity index (χ2v) is 11.6. The Kier molecular flexibility index (Phi) is 13.5. The van der Waals surface area contributed by atoms with Crippen LogP contribution in [0.5, 0.6) is 0 Å². The van der Waals surface area contributed by atoms with Gasteiger partial charge in [-0.2, -0.15) is 0 Å². The van der Waals surface area contributed by atoms with Crippen LogP contribution in [0.3, 0.4) is 0 Å². The largest absolute Gasteiger partial charge is 4.00 e. The van der Waals surface area contributed by atoms with E-state index in [2.05, 4.69) is 145 Å². The van der Waals surface area contributed by atoms with Gasteiger partial charge in [-0.15, -0.1) is 69.1 Å².